The zero-order valence-corrected chi connectivity index (χ0v) is 13.9. The molecule has 1 aromatic rings. The summed E-state index contributed by atoms with van der Waals surface area (Å²) in [7, 11) is 0. The van der Waals surface area contributed by atoms with Crippen molar-refractivity contribution in [2.24, 2.45) is 11.8 Å². The summed E-state index contributed by atoms with van der Waals surface area (Å²) in [6.07, 6.45) is 8.80. The average Bonchev–Trinajstić information content (AvgIpc) is 3.47. The Labute approximate surface area is 139 Å². The second-order valence-corrected chi connectivity index (χ2v) is 7.72. The summed E-state index contributed by atoms with van der Waals surface area (Å²) in [4.78, 5) is 14.9. The molecule has 3 nitrogen and oxygen atoms in total. The van der Waals surface area contributed by atoms with Gasteiger partial charge in [-0.25, -0.2) is 0 Å². The predicted molar refractivity (Wildman–Crippen MR) is 92.1 cm³/mol. The lowest BCUT2D eigenvalue weighted by atomic mass is 10.0. The van der Waals surface area contributed by atoms with Gasteiger partial charge in [-0.15, -0.1) is 0 Å². The van der Waals surface area contributed by atoms with Crippen LogP contribution in [0.25, 0.3) is 0 Å². The molecule has 1 unspecified atom stereocenters. The molecule has 1 amide bonds. The number of rotatable bonds is 7. The van der Waals surface area contributed by atoms with Crippen LogP contribution < -0.4 is 5.32 Å². The number of nitrogens with zero attached hydrogens (tertiary/aromatic N) is 1. The summed E-state index contributed by atoms with van der Waals surface area (Å²) in [6.45, 7) is 1.66. The van der Waals surface area contributed by atoms with Crippen LogP contribution in [0.3, 0.4) is 0 Å². The minimum absolute atomic E-state index is 0.258. The van der Waals surface area contributed by atoms with Crippen LogP contribution in [-0.4, -0.2) is 36.0 Å². The summed E-state index contributed by atoms with van der Waals surface area (Å²) in [5.74, 6) is 1.82. The van der Waals surface area contributed by atoms with Crippen molar-refractivity contribution in [3.63, 3.8) is 0 Å². The predicted octanol–water partition coefficient (Wildman–Crippen LogP) is 3.00. The van der Waals surface area contributed by atoms with E-state index in [1.807, 2.05) is 0 Å². The molecule has 2 saturated carbocycles. The molecule has 1 saturated heterocycles. The van der Waals surface area contributed by atoms with Crippen molar-refractivity contribution in [3.8, 4) is 0 Å². The van der Waals surface area contributed by atoms with Gasteiger partial charge < -0.3 is 5.32 Å². The second kappa shape index (κ2) is 6.64. The van der Waals surface area contributed by atoms with E-state index in [4.69, 9.17) is 0 Å². The van der Waals surface area contributed by atoms with Crippen molar-refractivity contribution in [3.05, 3.63) is 35.9 Å². The lowest BCUT2D eigenvalue weighted by Gasteiger charge is -2.26. The second-order valence-electron chi connectivity index (χ2n) is 7.72. The van der Waals surface area contributed by atoms with E-state index < -0.39 is 0 Å². The van der Waals surface area contributed by atoms with E-state index >= 15 is 0 Å². The van der Waals surface area contributed by atoms with Gasteiger partial charge in [0.1, 0.15) is 0 Å². The molecular formula is C20H28N2O. The fourth-order valence-corrected chi connectivity index (χ4v) is 4.17. The highest BCUT2D eigenvalue weighted by molar-refractivity contribution is 5.78. The molecule has 124 valence electrons. The van der Waals surface area contributed by atoms with Gasteiger partial charge in [-0.2, -0.15) is 0 Å². The van der Waals surface area contributed by atoms with Crippen LogP contribution in [0.15, 0.2) is 30.3 Å². The molecule has 1 aliphatic heterocycles. The third-order valence-corrected chi connectivity index (χ3v) is 5.75. The molecule has 1 atom stereocenters. The number of amides is 1. The quantitative estimate of drug-likeness (QED) is 0.839. The van der Waals surface area contributed by atoms with E-state index in [1.54, 1.807) is 0 Å². The first kappa shape index (κ1) is 15.2. The van der Waals surface area contributed by atoms with Gasteiger partial charge in [0.15, 0.2) is 0 Å². The summed E-state index contributed by atoms with van der Waals surface area (Å²) in [5, 5.41) is 3.37. The van der Waals surface area contributed by atoms with Gasteiger partial charge in [0.25, 0.3) is 0 Å². The third kappa shape index (κ3) is 3.95. The van der Waals surface area contributed by atoms with Gasteiger partial charge in [-0.1, -0.05) is 30.3 Å². The fraction of sp³-hybridized carbons (Fsp3) is 0.650. The van der Waals surface area contributed by atoms with Gasteiger partial charge in [0, 0.05) is 12.1 Å². The molecule has 1 aromatic carbocycles. The zero-order chi connectivity index (χ0) is 15.6. The first-order valence-corrected chi connectivity index (χ1v) is 9.37. The van der Waals surface area contributed by atoms with E-state index in [0.717, 1.165) is 24.8 Å². The maximum absolute atomic E-state index is 12.5. The molecule has 1 N–H and O–H groups in total. The van der Waals surface area contributed by atoms with Gasteiger partial charge >= 0.3 is 0 Å². The molecule has 1 heterocycles. The highest BCUT2D eigenvalue weighted by Crippen LogP contribution is 2.44. The molecule has 3 heteroatoms. The number of carbonyl (C=O) groups is 1. The lowest BCUT2D eigenvalue weighted by molar-refractivity contribution is -0.123. The van der Waals surface area contributed by atoms with Crippen LogP contribution in [0.4, 0.5) is 0 Å². The molecule has 0 spiro atoms. The first-order chi connectivity index (χ1) is 11.3. The maximum Gasteiger partial charge on any atom is 0.234 e. The van der Waals surface area contributed by atoms with Gasteiger partial charge in [-0.05, 0) is 68.9 Å². The third-order valence-electron chi connectivity index (χ3n) is 5.75. The Bertz CT molecular complexity index is 524. The highest BCUT2D eigenvalue weighted by Gasteiger charge is 2.42. The Morgan fingerprint density at radius 2 is 1.78 bits per heavy atom. The number of nitrogens with one attached hydrogen (secondary N) is 1. The summed E-state index contributed by atoms with van der Waals surface area (Å²) in [6, 6.07) is 11.7. The maximum atomic E-state index is 12.5. The van der Waals surface area contributed by atoms with Crippen LogP contribution in [-0.2, 0) is 11.2 Å². The van der Waals surface area contributed by atoms with Crippen molar-refractivity contribution in [1.82, 2.24) is 10.2 Å². The Morgan fingerprint density at radius 3 is 2.43 bits per heavy atom. The normalized spacial score (nSPS) is 25.0. The topological polar surface area (TPSA) is 32.3 Å². The number of carbonyl (C=O) groups excluding carboxylic acids is 1. The number of hydrogen-bond donors (Lipinski definition) is 1. The lowest BCUT2D eigenvalue weighted by Crippen LogP contribution is -2.45. The van der Waals surface area contributed by atoms with Crippen LogP contribution in [0.1, 0.15) is 44.1 Å². The van der Waals surface area contributed by atoms with E-state index in [2.05, 4.69) is 40.5 Å². The van der Waals surface area contributed by atoms with Gasteiger partial charge in [0.05, 0.1) is 6.54 Å². The standard InChI is InChI=1S/C20H28N2O/c23-19(21-20(16-8-9-16)17-10-11-17)14-22-12-4-7-18(22)13-15-5-2-1-3-6-15/h1-3,5-6,16-18,20H,4,7-14H2,(H,21,23). The minimum Gasteiger partial charge on any atom is -0.352 e. The Kier molecular flexibility index (Phi) is 4.39. The Hall–Kier alpha value is -1.35. The van der Waals surface area contributed by atoms with E-state index in [0.29, 0.717) is 18.6 Å². The first-order valence-electron chi connectivity index (χ1n) is 9.37. The molecule has 0 aromatic heterocycles. The van der Waals surface area contributed by atoms with Crippen molar-refractivity contribution >= 4 is 5.91 Å². The van der Waals surface area contributed by atoms with Crippen molar-refractivity contribution in [2.45, 2.75) is 57.0 Å². The van der Waals surface area contributed by atoms with Crippen LogP contribution in [0, 0.1) is 11.8 Å². The van der Waals surface area contributed by atoms with Crippen molar-refractivity contribution in [2.75, 3.05) is 13.1 Å². The van der Waals surface area contributed by atoms with Crippen molar-refractivity contribution < 1.29 is 4.79 Å². The largest absolute Gasteiger partial charge is 0.352 e. The molecule has 3 fully saturated rings. The molecular weight excluding hydrogens is 284 g/mol. The highest BCUT2D eigenvalue weighted by atomic mass is 16.2. The SMILES string of the molecule is O=C(CN1CCCC1Cc1ccccc1)NC(C1CC1)C1CC1. The zero-order valence-electron chi connectivity index (χ0n) is 13.9. The number of benzene rings is 1. The van der Waals surface area contributed by atoms with Crippen LogP contribution in [0.2, 0.25) is 0 Å². The van der Waals surface area contributed by atoms with Gasteiger partial charge in [0.2, 0.25) is 5.91 Å². The van der Waals surface area contributed by atoms with E-state index in [-0.39, 0.29) is 5.91 Å². The monoisotopic (exact) mass is 312 g/mol. The summed E-state index contributed by atoms with van der Waals surface area (Å²) < 4.78 is 0. The molecule has 0 bridgehead atoms. The number of hydrogen-bond acceptors (Lipinski definition) is 2. The minimum atomic E-state index is 0.258. The Morgan fingerprint density at radius 1 is 1.09 bits per heavy atom. The molecule has 0 radical (unpaired) electrons. The molecule has 4 rings (SSSR count). The van der Waals surface area contributed by atoms with E-state index in [9.17, 15) is 4.79 Å². The molecule has 3 aliphatic rings. The smallest absolute Gasteiger partial charge is 0.234 e. The van der Waals surface area contributed by atoms with E-state index in [1.165, 1.54) is 44.1 Å². The molecule has 23 heavy (non-hydrogen) atoms. The Balaban J connectivity index is 1.30. The van der Waals surface area contributed by atoms with Gasteiger partial charge in [-0.3, -0.25) is 9.69 Å². The summed E-state index contributed by atoms with van der Waals surface area (Å²) >= 11 is 0. The average molecular weight is 312 g/mol. The summed E-state index contributed by atoms with van der Waals surface area (Å²) in [5.41, 5.74) is 1.39. The fourth-order valence-electron chi connectivity index (χ4n) is 4.17. The number of likely N-dealkylation sites (tertiary alicyclic amines) is 1. The van der Waals surface area contributed by atoms with Crippen molar-refractivity contribution in [1.29, 1.82) is 0 Å². The van der Waals surface area contributed by atoms with Crippen LogP contribution in [0.5, 0.6) is 0 Å². The molecule has 2 aliphatic carbocycles. The van der Waals surface area contributed by atoms with Crippen LogP contribution >= 0.6 is 0 Å².